The second-order valence-electron chi connectivity index (χ2n) is 6.51. The fourth-order valence-electron chi connectivity index (χ4n) is 2.78. The number of aromatic amines is 1. The minimum absolute atomic E-state index is 0.0863. The van der Waals surface area contributed by atoms with E-state index in [1.54, 1.807) is 6.20 Å². The van der Waals surface area contributed by atoms with Crippen LogP contribution in [0, 0.1) is 11.3 Å². The van der Waals surface area contributed by atoms with Crippen molar-refractivity contribution >= 4 is 5.91 Å². The second-order valence-corrected chi connectivity index (χ2v) is 6.51. The van der Waals surface area contributed by atoms with Crippen molar-refractivity contribution < 1.29 is 9.53 Å². The van der Waals surface area contributed by atoms with Gasteiger partial charge in [0.1, 0.15) is 11.5 Å². The molecule has 1 fully saturated rings. The number of carbonyl (C=O) groups excluding carboxylic acids is 1. The fourth-order valence-corrected chi connectivity index (χ4v) is 2.78. The van der Waals surface area contributed by atoms with E-state index in [-0.39, 0.29) is 17.4 Å². The van der Waals surface area contributed by atoms with Crippen LogP contribution in [0.1, 0.15) is 50.4 Å². The molecule has 0 saturated carbocycles. The number of ether oxygens (including phenoxy) is 1. The highest BCUT2D eigenvalue weighted by Crippen LogP contribution is 2.34. The second kappa shape index (κ2) is 5.95. The summed E-state index contributed by atoms with van der Waals surface area (Å²) >= 11 is 0. The van der Waals surface area contributed by atoms with Crippen LogP contribution in [0.25, 0.3) is 0 Å². The fraction of sp³-hybridized carbons (Fsp3) is 0.733. The topological polar surface area (TPSA) is 67.0 Å². The molecule has 1 aliphatic rings. The van der Waals surface area contributed by atoms with Crippen LogP contribution in [0.2, 0.25) is 0 Å². The molecule has 5 nitrogen and oxygen atoms in total. The summed E-state index contributed by atoms with van der Waals surface area (Å²) in [5, 5.41) is 2.99. The molecule has 0 unspecified atom stereocenters. The van der Waals surface area contributed by atoms with Crippen LogP contribution in [-0.2, 0) is 11.2 Å². The van der Waals surface area contributed by atoms with Gasteiger partial charge in [-0.05, 0) is 11.8 Å². The standard InChI is InChI=1S/C15H25N3O2/c1-5-12-16-9-11(18-12)14(19)17-8-10-6-7-20-13(10)15(2,3)4/h9-10,13H,5-8H2,1-4H3,(H,16,18)(H,17,19)/t10-,13+/m1/s1. The number of carbonyl (C=O) groups is 1. The van der Waals surface area contributed by atoms with Crippen molar-refractivity contribution in [1.82, 2.24) is 15.3 Å². The maximum absolute atomic E-state index is 12.1. The minimum atomic E-state index is -0.0863. The van der Waals surface area contributed by atoms with Gasteiger partial charge in [0.15, 0.2) is 0 Å². The Morgan fingerprint density at radius 2 is 2.30 bits per heavy atom. The van der Waals surface area contributed by atoms with Gasteiger partial charge in [0.05, 0.1) is 12.3 Å². The number of hydrogen-bond acceptors (Lipinski definition) is 3. The van der Waals surface area contributed by atoms with Gasteiger partial charge in [-0.1, -0.05) is 27.7 Å². The van der Waals surface area contributed by atoms with E-state index in [1.165, 1.54) is 0 Å². The molecule has 5 heteroatoms. The van der Waals surface area contributed by atoms with Gasteiger partial charge >= 0.3 is 0 Å². The molecule has 0 bridgehead atoms. The number of hydrogen-bond donors (Lipinski definition) is 2. The van der Waals surface area contributed by atoms with Gasteiger partial charge < -0.3 is 15.0 Å². The summed E-state index contributed by atoms with van der Waals surface area (Å²) in [6.45, 7) is 9.98. The van der Waals surface area contributed by atoms with Crippen LogP contribution in [0.3, 0.4) is 0 Å². The zero-order chi connectivity index (χ0) is 14.8. The Bertz CT molecular complexity index is 462. The Balaban J connectivity index is 1.90. The third kappa shape index (κ3) is 3.39. The van der Waals surface area contributed by atoms with E-state index in [0.29, 0.717) is 18.2 Å². The highest BCUT2D eigenvalue weighted by molar-refractivity contribution is 5.92. The predicted octanol–water partition coefficient (Wildman–Crippen LogP) is 2.15. The normalized spacial score (nSPS) is 23.0. The summed E-state index contributed by atoms with van der Waals surface area (Å²) in [5.41, 5.74) is 0.642. The number of H-pyrrole nitrogens is 1. The molecule has 0 radical (unpaired) electrons. The summed E-state index contributed by atoms with van der Waals surface area (Å²) in [4.78, 5) is 19.2. The first-order valence-corrected chi connectivity index (χ1v) is 7.35. The number of aryl methyl sites for hydroxylation is 1. The first-order valence-electron chi connectivity index (χ1n) is 7.35. The van der Waals surface area contributed by atoms with Crippen molar-refractivity contribution in [3.05, 3.63) is 17.7 Å². The van der Waals surface area contributed by atoms with Crippen LogP contribution >= 0.6 is 0 Å². The van der Waals surface area contributed by atoms with Gasteiger partial charge in [0, 0.05) is 25.5 Å². The molecule has 0 aromatic carbocycles. The molecule has 1 amide bonds. The van der Waals surface area contributed by atoms with Crippen LogP contribution in [0.4, 0.5) is 0 Å². The van der Waals surface area contributed by atoms with Crippen LogP contribution in [-0.4, -0.2) is 35.1 Å². The molecule has 0 aliphatic carbocycles. The van der Waals surface area contributed by atoms with Crippen molar-refractivity contribution in [1.29, 1.82) is 0 Å². The van der Waals surface area contributed by atoms with Gasteiger partial charge in [-0.2, -0.15) is 0 Å². The molecular weight excluding hydrogens is 254 g/mol. The lowest BCUT2D eigenvalue weighted by Crippen LogP contribution is -2.38. The predicted molar refractivity (Wildman–Crippen MR) is 77.6 cm³/mol. The summed E-state index contributed by atoms with van der Waals surface area (Å²) < 4.78 is 5.82. The minimum Gasteiger partial charge on any atom is -0.377 e. The molecule has 2 atom stereocenters. The van der Waals surface area contributed by atoms with Gasteiger partial charge in [-0.15, -0.1) is 0 Å². The molecule has 1 saturated heterocycles. The van der Waals surface area contributed by atoms with Gasteiger partial charge in [0.2, 0.25) is 0 Å². The lowest BCUT2D eigenvalue weighted by molar-refractivity contribution is 0.00736. The Morgan fingerprint density at radius 3 is 2.90 bits per heavy atom. The quantitative estimate of drug-likeness (QED) is 0.887. The zero-order valence-corrected chi connectivity index (χ0v) is 12.8. The third-order valence-corrected chi connectivity index (χ3v) is 3.80. The van der Waals surface area contributed by atoms with Crippen molar-refractivity contribution in [2.45, 2.75) is 46.6 Å². The summed E-state index contributed by atoms with van der Waals surface area (Å²) in [6.07, 6.45) is 3.61. The summed E-state index contributed by atoms with van der Waals surface area (Å²) in [6, 6.07) is 0. The SMILES string of the molecule is CCc1ncc(C(=O)NC[C@H]2CCO[C@@H]2C(C)(C)C)[nH]1. The molecule has 0 spiro atoms. The highest BCUT2D eigenvalue weighted by Gasteiger charge is 2.37. The van der Waals surface area contributed by atoms with Crippen LogP contribution in [0.5, 0.6) is 0 Å². The Hall–Kier alpha value is -1.36. The Morgan fingerprint density at radius 1 is 1.55 bits per heavy atom. The van der Waals surface area contributed by atoms with Gasteiger partial charge in [-0.25, -0.2) is 4.98 Å². The number of aromatic nitrogens is 2. The largest absolute Gasteiger partial charge is 0.377 e. The van der Waals surface area contributed by atoms with Gasteiger partial charge in [-0.3, -0.25) is 4.79 Å². The molecule has 2 rings (SSSR count). The van der Waals surface area contributed by atoms with E-state index in [9.17, 15) is 4.79 Å². The first kappa shape index (κ1) is 15.0. The van der Waals surface area contributed by atoms with E-state index < -0.39 is 0 Å². The van der Waals surface area contributed by atoms with E-state index >= 15 is 0 Å². The average Bonchev–Trinajstić information content (AvgIpc) is 3.03. The van der Waals surface area contributed by atoms with Crippen molar-refractivity contribution in [3.8, 4) is 0 Å². The van der Waals surface area contributed by atoms with Crippen LogP contribution in [0.15, 0.2) is 6.20 Å². The molecule has 1 aliphatic heterocycles. The number of nitrogens with zero attached hydrogens (tertiary/aromatic N) is 1. The molecule has 20 heavy (non-hydrogen) atoms. The lowest BCUT2D eigenvalue weighted by Gasteiger charge is -2.31. The summed E-state index contributed by atoms with van der Waals surface area (Å²) in [5.74, 6) is 1.14. The molecule has 1 aromatic heterocycles. The van der Waals surface area contributed by atoms with Crippen molar-refractivity contribution in [3.63, 3.8) is 0 Å². The average molecular weight is 279 g/mol. The monoisotopic (exact) mass is 279 g/mol. The molecule has 2 heterocycles. The number of rotatable bonds is 4. The number of nitrogens with one attached hydrogen (secondary N) is 2. The molecule has 2 N–H and O–H groups in total. The van der Waals surface area contributed by atoms with Crippen molar-refractivity contribution in [2.24, 2.45) is 11.3 Å². The number of imidazole rings is 1. The van der Waals surface area contributed by atoms with Crippen molar-refractivity contribution in [2.75, 3.05) is 13.2 Å². The van der Waals surface area contributed by atoms with E-state index in [0.717, 1.165) is 25.3 Å². The maximum Gasteiger partial charge on any atom is 0.269 e. The maximum atomic E-state index is 12.1. The Labute approximate surface area is 120 Å². The molecule has 112 valence electrons. The molecular formula is C15H25N3O2. The summed E-state index contributed by atoms with van der Waals surface area (Å²) in [7, 11) is 0. The molecule has 1 aromatic rings. The number of amides is 1. The van der Waals surface area contributed by atoms with E-state index in [4.69, 9.17) is 4.74 Å². The van der Waals surface area contributed by atoms with Gasteiger partial charge in [0.25, 0.3) is 5.91 Å². The smallest absolute Gasteiger partial charge is 0.269 e. The first-order chi connectivity index (χ1) is 9.41. The highest BCUT2D eigenvalue weighted by atomic mass is 16.5. The van der Waals surface area contributed by atoms with E-state index in [1.807, 2.05) is 6.92 Å². The lowest BCUT2D eigenvalue weighted by atomic mass is 9.81. The third-order valence-electron chi connectivity index (χ3n) is 3.80. The Kier molecular flexibility index (Phi) is 4.48. The van der Waals surface area contributed by atoms with Crippen LogP contribution < -0.4 is 5.32 Å². The van der Waals surface area contributed by atoms with E-state index in [2.05, 4.69) is 36.1 Å². The zero-order valence-electron chi connectivity index (χ0n) is 12.8.